The van der Waals surface area contributed by atoms with E-state index in [1.165, 1.54) is 0 Å². The molecular formula is C28H30N2O8. The van der Waals surface area contributed by atoms with Crippen molar-refractivity contribution in [2.45, 2.75) is 64.0 Å². The molecule has 2 aliphatic rings. The second kappa shape index (κ2) is 11.0. The number of imide groups is 1. The summed E-state index contributed by atoms with van der Waals surface area (Å²) in [5.74, 6) is -3.16. The van der Waals surface area contributed by atoms with Crippen LogP contribution in [0.5, 0.6) is 0 Å². The summed E-state index contributed by atoms with van der Waals surface area (Å²) in [6.45, 7) is 5.12. The van der Waals surface area contributed by atoms with Gasteiger partial charge in [-0.05, 0) is 49.4 Å². The molecule has 4 rings (SSSR count). The van der Waals surface area contributed by atoms with Crippen molar-refractivity contribution in [1.29, 1.82) is 0 Å². The van der Waals surface area contributed by atoms with E-state index >= 15 is 0 Å². The van der Waals surface area contributed by atoms with Crippen LogP contribution in [0.1, 0.15) is 63.5 Å². The van der Waals surface area contributed by atoms with Gasteiger partial charge in [-0.15, -0.1) is 5.06 Å². The van der Waals surface area contributed by atoms with Crippen molar-refractivity contribution in [2.24, 2.45) is 0 Å². The molecule has 1 heterocycles. The van der Waals surface area contributed by atoms with Gasteiger partial charge in [0.2, 0.25) is 0 Å². The molecular weight excluding hydrogens is 492 g/mol. The number of fused-ring (bicyclic) bond motifs is 3. The van der Waals surface area contributed by atoms with E-state index in [4.69, 9.17) is 14.3 Å². The average molecular weight is 523 g/mol. The minimum Gasteiger partial charge on any atom is -0.460 e. The summed E-state index contributed by atoms with van der Waals surface area (Å²) in [6, 6.07) is 14.3. The molecule has 1 N–H and O–H groups in total. The Morgan fingerprint density at radius 2 is 1.50 bits per heavy atom. The number of benzene rings is 2. The number of hydroxylamine groups is 2. The first kappa shape index (κ1) is 26.8. The monoisotopic (exact) mass is 522 g/mol. The third kappa shape index (κ3) is 6.19. The number of alkyl carbamates (subject to hydrolysis) is 1. The number of amides is 3. The van der Waals surface area contributed by atoms with Crippen molar-refractivity contribution >= 4 is 29.8 Å². The van der Waals surface area contributed by atoms with E-state index in [0.717, 1.165) is 22.3 Å². The van der Waals surface area contributed by atoms with Gasteiger partial charge in [0.15, 0.2) is 0 Å². The summed E-state index contributed by atoms with van der Waals surface area (Å²) in [6.07, 6.45) is -1.46. The van der Waals surface area contributed by atoms with E-state index in [9.17, 15) is 24.0 Å². The Kier molecular flexibility index (Phi) is 7.80. The molecule has 200 valence electrons. The molecule has 0 saturated carbocycles. The number of nitrogens with one attached hydrogen (secondary N) is 1. The minimum absolute atomic E-state index is 0.0107. The van der Waals surface area contributed by atoms with Crippen LogP contribution in [-0.2, 0) is 33.5 Å². The molecule has 1 aliphatic heterocycles. The number of carbonyl (C=O) groups is 5. The van der Waals surface area contributed by atoms with Crippen LogP contribution in [0.4, 0.5) is 4.79 Å². The van der Waals surface area contributed by atoms with Crippen LogP contribution in [0.15, 0.2) is 48.5 Å². The molecule has 2 aromatic rings. The Hall–Kier alpha value is -4.21. The molecule has 2 aromatic carbocycles. The van der Waals surface area contributed by atoms with Crippen molar-refractivity contribution in [1.82, 2.24) is 10.4 Å². The van der Waals surface area contributed by atoms with Gasteiger partial charge in [0.25, 0.3) is 11.8 Å². The molecule has 10 nitrogen and oxygen atoms in total. The number of ether oxygens (including phenoxy) is 2. The number of hydrogen-bond donors (Lipinski definition) is 1. The normalized spacial score (nSPS) is 15.5. The number of rotatable bonds is 8. The van der Waals surface area contributed by atoms with E-state index in [-0.39, 0.29) is 38.2 Å². The van der Waals surface area contributed by atoms with Crippen LogP contribution in [0.2, 0.25) is 0 Å². The molecule has 1 atom stereocenters. The van der Waals surface area contributed by atoms with Gasteiger partial charge in [-0.3, -0.25) is 14.4 Å². The van der Waals surface area contributed by atoms with Crippen molar-refractivity contribution in [3.63, 3.8) is 0 Å². The van der Waals surface area contributed by atoms with Gasteiger partial charge in [0, 0.05) is 25.2 Å². The molecule has 0 bridgehead atoms. The highest BCUT2D eigenvalue weighted by Gasteiger charge is 2.36. The number of carbonyl (C=O) groups excluding carboxylic acids is 5. The summed E-state index contributed by atoms with van der Waals surface area (Å²) < 4.78 is 10.8. The van der Waals surface area contributed by atoms with Gasteiger partial charge in [-0.2, -0.15) is 0 Å². The lowest BCUT2D eigenvalue weighted by Gasteiger charge is -2.22. The molecule has 1 fully saturated rings. The van der Waals surface area contributed by atoms with E-state index in [1.807, 2.05) is 48.5 Å². The van der Waals surface area contributed by atoms with Crippen LogP contribution < -0.4 is 5.32 Å². The highest BCUT2D eigenvalue weighted by molar-refractivity contribution is 6.02. The fourth-order valence-electron chi connectivity index (χ4n) is 4.50. The molecule has 1 aliphatic carbocycles. The van der Waals surface area contributed by atoms with E-state index in [0.29, 0.717) is 5.06 Å². The summed E-state index contributed by atoms with van der Waals surface area (Å²) in [4.78, 5) is 66.5. The fourth-order valence-corrected chi connectivity index (χ4v) is 4.50. The second-order valence-corrected chi connectivity index (χ2v) is 10.1. The molecule has 0 radical (unpaired) electrons. The quantitative estimate of drug-likeness (QED) is 0.411. The zero-order chi connectivity index (χ0) is 27.4. The van der Waals surface area contributed by atoms with Crippen molar-refractivity contribution in [2.75, 3.05) is 6.61 Å². The lowest BCUT2D eigenvalue weighted by molar-refractivity contribution is -0.199. The summed E-state index contributed by atoms with van der Waals surface area (Å²) in [5, 5.41) is 2.81. The lowest BCUT2D eigenvalue weighted by Crippen LogP contribution is -2.46. The SMILES string of the molecule is CC(C)(C)OC(=O)CC[C@H](NC(=O)OCC1c2ccccc2-c2ccccc21)C(=O)ON1C(=O)CCC1=O. The molecule has 1 saturated heterocycles. The predicted molar refractivity (Wildman–Crippen MR) is 134 cm³/mol. The predicted octanol–water partition coefficient (Wildman–Crippen LogP) is 3.62. The molecule has 0 aromatic heterocycles. The Morgan fingerprint density at radius 3 is 2.05 bits per heavy atom. The first-order valence-corrected chi connectivity index (χ1v) is 12.4. The maximum atomic E-state index is 12.8. The molecule has 38 heavy (non-hydrogen) atoms. The second-order valence-electron chi connectivity index (χ2n) is 10.1. The Morgan fingerprint density at radius 1 is 0.947 bits per heavy atom. The zero-order valence-corrected chi connectivity index (χ0v) is 21.5. The van der Waals surface area contributed by atoms with Crippen LogP contribution in [0.25, 0.3) is 11.1 Å². The molecule has 0 unspecified atom stereocenters. The lowest BCUT2D eigenvalue weighted by atomic mass is 9.98. The first-order chi connectivity index (χ1) is 18.0. The van der Waals surface area contributed by atoms with Crippen LogP contribution in [0, 0.1) is 0 Å². The average Bonchev–Trinajstić information content (AvgIpc) is 3.36. The summed E-state index contributed by atoms with van der Waals surface area (Å²) >= 11 is 0. The Balaban J connectivity index is 1.42. The minimum atomic E-state index is -1.36. The Labute approximate surface area is 220 Å². The number of esters is 1. The van der Waals surface area contributed by atoms with Crippen LogP contribution in [0.3, 0.4) is 0 Å². The zero-order valence-electron chi connectivity index (χ0n) is 21.5. The maximum absolute atomic E-state index is 12.8. The van der Waals surface area contributed by atoms with Gasteiger partial charge in [0.1, 0.15) is 18.2 Å². The maximum Gasteiger partial charge on any atom is 0.407 e. The molecule has 10 heteroatoms. The molecule has 0 spiro atoms. The highest BCUT2D eigenvalue weighted by Crippen LogP contribution is 2.44. The van der Waals surface area contributed by atoms with E-state index in [1.54, 1.807) is 20.8 Å². The largest absolute Gasteiger partial charge is 0.460 e. The smallest absolute Gasteiger partial charge is 0.407 e. The first-order valence-electron chi connectivity index (χ1n) is 12.4. The third-order valence-corrected chi connectivity index (χ3v) is 6.16. The highest BCUT2D eigenvalue weighted by atomic mass is 16.7. The number of nitrogens with zero attached hydrogens (tertiary/aromatic N) is 1. The summed E-state index contributed by atoms with van der Waals surface area (Å²) in [5.41, 5.74) is 3.44. The van der Waals surface area contributed by atoms with Gasteiger partial charge in [-0.1, -0.05) is 48.5 Å². The standard InChI is InChI=1S/C28H30N2O8/c1-28(2,3)37-25(33)15-12-22(26(34)38-30-23(31)13-14-24(30)32)29-27(35)36-16-21-19-10-6-4-8-17(19)18-9-5-7-11-20(18)21/h4-11,21-22H,12-16H2,1-3H3,(H,29,35)/t22-/m0/s1. The van der Waals surface area contributed by atoms with Crippen molar-refractivity contribution in [3.8, 4) is 11.1 Å². The van der Waals surface area contributed by atoms with Crippen LogP contribution in [-0.4, -0.2) is 53.2 Å². The van der Waals surface area contributed by atoms with Gasteiger partial charge in [0.05, 0.1) is 0 Å². The summed E-state index contributed by atoms with van der Waals surface area (Å²) in [7, 11) is 0. The van der Waals surface area contributed by atoms with Gasteiger partial charge >= 0.3 is 18.0 Å². The fraction of sp³-hybridized carbons (Fsp3) is 0.393. The molecule has 3 amide bonds. The van der Waals surface area contributed by atoms with Crippen molar-refractivity contribution in [3.05, 3.63) is 59.7 Å². The van der Waals surface area contributed by atoms with Crippen LogP contribution >= 0.6 is 0 Å². The Bertz CT molecular complexity index is 1200. The van der Waals surface area contributed by atoms with E-state index < -0.39 is 41.5 Å². The van der Waals surface area contributed by atoms with Gasteiger partial charge < -0.3 is 19.6 Å². The topological polar surface area (TPSA) is 128 Å². The third-order valence-electron chi connectivity index (χ3n) is 6.16. The van der Waals surface area contributed by atoms with E-state index in [2.05, 4.69) is 5.32 Å². The number of hydrogen-bond acceptors (Lipinski definition) is 8. The van der Waals surface area contributed by atoms with Gasteiger partial charge in [-0.25, -0.2) is 9.59 Å². The van der Waals surface area contributed by atoms with Crippen molar-refractivity contribution < 1.29 is 38.3 Å².